The molecule has 0 amide bonds. The van der Waals surface area contributed by atoms with Gasteiger partial charge in [-0.15, -0.1) is 11.3 Å². The molecule has 80 valence electrons. The van der Waals surface area contributed by atoms with Crippen LogP contribution in [0.2, 0.25) is 0 Å². The van der Waals surface area contributed by atoms with Gasteiger partial charge in [0, 0.05) is 29.4 Å². The number of hydrogen-bond acceptors (Lipinski definition) is 4. The highest BCUT2D eigenvalue weighted by atomic mass is 32.2. The van der Waals surface area contributed by atoms with Crippen molar-refractivity contribution in [1.82, 2.24) is 10.3 Å². The van der Waals surface area contributed by atoms with Crippen LogP contribution in [0.15, 0.2) is 6.20 Å². The number of thioether (sulfide) groups is 1. The molecule has 0 spiro atoms. The van der Waals surface area contributed by atoms with Crippen LogP contribution in [0.25, 0.3) is 0 Å². The lowest BCUT2D eigenvalue weighted by molar-refractivity contribution is 0.600. The molecule has 1 rings (SSSR count). The van der Waals surface area contributed by atoms with E-state index < -0.39 is 0 Å². The number of aryl methyl sites for hydroxylation is 1. The second-order valence-corrected chi connectivity index (χ2v) is 5.42. The van der Waals surface area contributed by atoms with Gasteiger partial charge in [0.15, 0.2) is 0 Å². The van der Waals surface area contributed by atoms with Gasteiger partial charge >= 0.3 is 0 Å². The second-order valence-electron chi connectivity index (χ2n) is 3.31. The Morgan fingerprint density at radius 3 is 3.00 bits per heavy atom. The fourth-order valence-electron chi connectivity index (χ4n) is 1.18. The van der Waals surface area contributed by atoms with Crippen LogP contribution in [-0.4, -0.2) is 23.0 Å². The number of nitrogens with one attached hydrogen (secondary N) is 1. The van der Waals surface area contributed by atoms with Crippen molar-refractivity contribution in [2.45, 2.75) is 32.9 Å². The van der Waals surface area contributed by atoms with Crippen LogP contribution >= 0.6 is 23.1 Å². The zero-order chi connectivity index (χ0) is 10.4. The van der Waals surface area contributed by atoms with Gasteiger partial charge in [0.25, 0.3) is 0 Å². The minimum atomic E-state index is 0.581. The van der Waals surface area contributed by atoms with E-state index in [1.54, 1.807) is 0 Å². The predicted octanol–water partition coefficient (Wildman–Crippen LogP) is 2.55. The smallest absolute Gasteiger partial charge is 0.0925 e. The van der Waals surface area contributed by atoms with Gasteiger partial charge in [-0.05, 0) is 19.6 Å². The summed E-state index contributed by atoms with van der Waals surface area (Å²) in [6.45, 7) is 5.32. The van der Waals surface area contributed by atoms with Crippen molar-refractivity contribution in [2.75, 3.05) is 12.0 Å². The maximum atomic E-state index is 4.33. The summed E-state index contributed by atoms with van der Waals surface area (Å²) in [5.41, 5.74) is 0. The van der Waals surface area contributed by atoms with E-state index in [0.717, 1.165) is 13.0 Å². The molecule has 0 saturated carbocycles. The van der Waals surface area contributed by atoms with Gasteiger partial charge in [-0.2, -0.15) is 11.8 Å². The third kappa shape index (κ3) is 3.98. The predicted molar refractivity (Wildman–Crippen MR) is 66.2 cm³/mol. The molecule has 14 heavy (non-hydrogen) atoms. The minimum absolute atomic E-state index is 0.581. The summed E-state index contributed by atoms with van der Waals surface area (Å²) in [6, 6.07) is 0.581. The first-order valence-electron chi connectivity index (χ1n) is 4.92. The maximum absolute atomic E-state index is 4.33. The quantitative estimate of drug-likeness (QED) is 0.813. The van der Waals surface area contributed by atoms with Crippen molar-refractivity contribution >= 4 is 23.1 Å². The lowest BCUT2D eigenvalue weighted by Gasteiger charge is -2.10. The Labute approximate surface area is 94.5 Å². The van der Waals surface area contributed by atoms with E-state index in [4.69, 9.17) is 0 Å². The van der Waals surface area contributed by atoms with Gasteiger partial charge in [-0.1, -0.05) is 6.92 Å². The van der Waals surface area contributed by atoms with Crippen molar-refractivity contribution in [1.29, 1.82) is 0 Å². The Morgan fingerprint density at radius 1 is 1.64 bits per heavy atom. The molecular weight excluding hydrogens is 212 g/mol. The molecular formula is C10H18N2S2. The molecule has 1 unspecified atom stereocenters. The van der Waals surface area contributed by atoms with Gasteiger partial charge in [-0.3, -0.25) is 0 Å². The van der Waals surface area contributed by atoms with Crippen LogP contribution in [0.3, 0.4) is 0 Å². The van der Waals surface area contributed by atoms with Gasteiger partial charge in [-0.25, -0.2) is 4.98 Å². The largest absolute Gasteiger partial charge is 0.309 e. The summed E-state index contributed by atoms with van der Waals surface area (Å²) in [5, 5.41) is 4.72. The van der Waals surface area contributed by atoms with Crippen LogP contribution in [0.4, 0.5) is 0 Å². The zero-order valence-corrected chi connectivity index (χ0v) is 10.7. The van der Waals surface area contributed by atoms with Crippen molar-refractivity contribution in [3.05, 3.63) is 16.1 Å². The molecule has 0 bridgehead atoms. The zero-order valence-electron chi connectivity index (χ0n) is 9.04. The normalized spacial score (nSPS) is 13.1. The monoisotopic (exact) mass is 230 g/mol. The molecule has 0 radical (unpaired) electrons. The summed E-state index contributed by atoms with van der Waals surface area (Å²) in [6.07, 6.45) is 5.17. The highest BCUT2D eigenvalue weighted by molar-refractivity contribution is 7.98. The molecule has 2 nitrogen and oxygen atoms in total. The number of aromatic nitrogens is 1. The summed E-state index contributed by atoms with van der Waals surface area (Å²) in [4.78, 5) is 5.67. The topological polar surface area (TPSA) is 24.9 Å². The number of hydrogen-bond donors (Lipinski definition) is 1. The van der Waals surface area contributed by atoms with Crippen molar-refractivity contribution in [3.63, 3.8) is 0 Å². The van der Waals surface area contributed by atoms with E-state index in [1.165, 1.54) is 15.6 Å². The molecule has 0 aliphatic rings. The summed E-state index contributed by atoms with van der Waals surface area (Å²) in [7, 11) is 0. The molecule has 4 heteroatoms. The summed E-state index contributed by atoms with van der Waals surface area (Å²) in [5.74, 6) is 1.17. The van der Waals surface area contributed by atoms with Crippen molar-refractivity contribution in [2.24, 2.45) is 0 Å². The first-order chi connectivity index (χ1) is 6.76. The van der Waals surface area contributed by atoms with Crippen LogP contribution in [0.5, 0.6) is 0 Å². The number of thiazole rings is 1. The number of nitrogens with zero attached hydrogens (tertiary/aromatic N) is 1. The lowest BCUT2D eigenvalue weighted by atomic mass is 10.4. The molecule has 0 aromatic carbocycles. The Balaban J connectivity index is 2.30. The third-order valence-corrected chi connectivity index (χ3v) is 3.92. The van der Waals surface area contributed by atoms with Gasteiger partial charge in [0.05, 0.1) is 5.01 Å². The summed E-state index contributed by atoms with van der Waals surface area (Å²) < 4.78 is 0. The standard InChI is InChI=1S/C10H18N2S2/c1-4-10-12-6-9(14-10)5-11-8(2)7-13-3/h6,8,11H,4-5,7H2,1-3H3. The molecule has 1 N–H and O–H groups in total. The van der Waals surface area contributed by atoms with Crippen LogP contribution < -0.4 is 5.32 Å². The van der Waals surface area contributed by atoms with Gasteiger partial charge in [0.2, 0.25) is 0 Å². The van der Waals surface area contributed by atoms with E-state index in [2.05, 4.69) is 30.4 Å². The lowest BCUT2D eigenvalue weighted by Crippen LogP contribution is -2.27. The highest BCUT2D eigenvalue weighted by Crippen LogP contribution is 2.13. The van der Waals surface area contributed by atoms with Crippen LogP contribution in [0.1, 0.15) is 23.7 Å². The van der Waals surface area contributed by atoms with Crippen molar-refractivity contribution in [3.8, 4) is 0 Å². The molecule has 1 aromatic heterocycles. The Morgan fingerprint density at radius 2 is 2.43 bits per heavy atom. The van der Waals surface area contributed by atoms with E-state index in [9.17, 15) is 0 Å². The Bertz CT molecular complexity index is 260. The molecule has 0 saturated heterocycles. The van der Waals surface area contributed by atoms with E-state index >= 15 is 0 Å². The van der Waals surface area contributed by atoms with E-state index in [1.807, 2.05) is 29.3 Å². The number of rotatable bonds is 6. The van der Waals surface area contributed by atoms with Gasteiger partial charge in [0.1, 0.15) is 0 Å². The molecule has 0 aliphatic heterocycles. The third-order valence-electron chi connectivity index (χ3n) is 1.95. The average molecular weight is 230 g/mol. The molecule has 1 heterocycles. The molecule has 1 atom stereocenters. The Kier molecular flexibility index (Phi) is 5.52. The van der Waals surface area contributed by atoms with Gasteiger partial charge < -0.3 is 5.32 Å². The Hall–Kier alpha value is -0.0600. The summed E-state index contributed by atoms with van der Waals surface area (Å²) >= 11 is 3.69. The minimum Gasteiger partial charge on any atom is -0.309 e. The van der Waals surface area contributed by atoms with E-state index in [0.29, 0.717) is 6.04 Å². The fourth-order valence-corrected chi connectivity index (χ4v) is 2.61. The van der Waals surface area contributed by atoms with Crippen LogP contribution in [0, 0.1) is 0 Å². The van der Waals surface area contributed by atoms with Crippen molar-refractivity contribution < 1.29 is 0 Å². The molecule has 0 aliphatic carbocycles. The first-order valence-corrected chi connectivity index (χ1v) is 7.13. The first kappa shape index (κ1) is 12.0. The highest BCUT2D eigenvalue weighted by Gasteiger charge is 2.03. The second kappa shape index (κ2) is 6.43. The van der Waals surface area contributed by atoms with E-state index in [-0.39, 0.29) is 0 Å². The molecule has 0 fully saturated rings. The average Bonchev–Trinajstić information content (AvgIpc) is 2.63. The maximum Gasteiger partial charge on any atom is 0.0925 e. The SMILES string of the molecule is CCc1ncc(CNC(C)CSC)s1. The van der Waals surface area contributed by atoms with Crippen LogP contribution in [-0.2, 0) is 13.0 Å². The fraction of sp³-hybridized carbons (Fsp3) is 0.700. The molecule has 1 aromatic rings.